The highest BCUT2D eigenvalue weighted by atomic mass is 79.9. The van der Waals surface area contributed by atoms with Gasteiger partial charge in [0, 0.05) is 5.57 Å². The molecule has 0 unspecified atom stereocenters. The summed E-state index contributed by atoms with van der Waals surface area (Å²) in [7, 11) is 0. The highest BCUT2D eigenvalue weighted by Gasteiger charge is 2.16. The number of rotatable bonds is 1. The lowest BCUT2D eigenvalue weighted by Crippen LogP contribution is -2.09. The van der Waals surface area contributed by atoms with Crippen molar-refractivity contribution in [1.82, 2.24) is 0 Å². The Morgan fingerprint density at radius 2 is 2.40 bits per heavy atom. The number of ketones is 1. The van der Waals surface area contributed by atoms with E-state index in [4.69, 9.17) is 5.73 Å². The lowest BCUT2D eigenvalue weighted by molar-refractivity contribution is -0.113. The van der Waals surface area contributed by atoms with Crippen LogP contribution in [0.3, 0.4) is 0 Å². The molecule has 0 spiro atoms. The van der Waals surface area contributed by atoms with Gasteiger partial charge in [-0.05, 0) is 22.9 Å². The lowest BCUT2D eigenvalue weighted by Gasteiger charge is -1.94. The fourth-order valence-corrected chi connectivity index (χ4v) is 1.11. The summed E-state index contributed by atoms with van der Waals surface area (Å²) in [5.74, 6) is -0.00398. The highest BCUT2D eigenvalue weighted by Crippen LogP contribution is 2.14. The number of carbonyl (C=O) groups excluding carboxylic acids is 1. The van der Waals surface area contributed by atoms with Crippen LogP contribution in [0.4, 0.5) is 0 Å². The first kappa shape index (κ1) is 7.47. The van der Waals surface area contributed by atoms with Gasteiger partial charge in [-0.15, -0.1) is 0 Å². The molecule has 2 N–H and O–H groups in total. The summed E-state index contributed by atoms with van der Waals surface area (Å²) < 4.78 is 0.595. The Labute approximate surface area is 67.1 Å². The van der Waals surface area contributed by atoms with Gasteiger partial charge in [0.25, 0.3) is 0 Å². The van der Waals surface area contributed by atoms with Crippen molar-refractivity contribution in [1.29, 1.82) is 0 Å². The fourth-order valence-electron chi connectivity index (χ4n) is 0.744. The topological polar surface area (TPSA) is 55.5 Å². The standard InChI is InChI=1S/C6H7BrN2O/c1-3(10)4-2-9-6(7)5(4)8/h2,8H2,1H3. The summed E-state index contributed by atoms with van der Waals surface area (Å²) in [5.41, 5.74) is 6.59. The number of aliphatic imine (C=N–C) groups is 1. The maximum Gasteiger partial charge on any atom is 0.159 e. The molecular formula is C6H7BrN2O. The molecule has 0 aliphatic carbocycles. The number of nitrogens with two attached hydrogens (primary N) is 1. The molecule has 10 heavy (non-hydrogen) atoms. The first-order valence-corrected chi connectivity index (χ1v) is 3.62. The van der Waals surface area contributed by atoms with E-state index in [0.717, 1.165) is 0 Å². The Morgan fingerprint density at radius 3 is 2.60 bits per heavy atom. The molecule has 0 fully saturated rings. The van der Waals surface area contributed by atoms with Crippen LogP contribution in [0.5, 0.6) is 0 Å². The van der Waals surface area contributed by atoms with E-state index in [1.54, 1.807) is 0 Å². The molecule has 0 radical (unpaired) electrons. The summed E-state index contributed by atoms with van der Waals surface area (Å²) in [6.07, 6.45) is 0. The third-order valence-electron chi connectivity index (χ3n) is 1.35. The first-order valence-electron chi connectivity index (χ1n) is 2.83. The van der Waals surface area contributed by atoms with E-state index in [-0.39, 0.29) is 5.78 Å². The van der Waals surface area contributed by atoms with Crippen molar-refractivity contribution in [2.45, 2.75) is 6.92 Å². The zero-order chi connectivity index (χ0) is 7.72. The molecular weight excluding hydrogens is 196 g/mol. The molecule has 54 valence electrons. The average molecular weight is 203 g/mol. The molecule has 1 rings (SSSR count). The molecule has 0 bridgehead atoms. The Morgan fingerprint density at radius 1 is 1.80 bits per heavy atom. The quantitative estimate of drug-likeness (QED) is 0.678. The molecule has 0 aromatic carbocycles. The maximum absolute atomic E-state index is 10.8. The summed E-state index contributed by atoms with van der Waals surface area (Å²) in [6.45, 7) is 1.91. The van der Waals surface area contributed by atoms with E-state index in [1.807, 2.05) is 0 Å². The highest BCUT2D eigenvalue weighted by molar-refractivity contribution is 9.18. The van der Waals surface area contributed by atoms with Crippen LogP contribution in [0.15, 0.2) is 16.3 Å². The van der Waals surface area contributed by atoms with Crippen LogP contribution < -0.4 is 5.73 Å². The minimum absolute atomic E-state index is 0.00398. The van der Waals surface area contributed by atoms with Crippen molar-refractivity contribution < 1.29 is 4.79 Å². The largest absolute Gasteiger partial charge is 0.396 e. The zero-order valence-electron chi connectivity index (χ0n) is 5.52. The van der Waals surface area contributed by atoms with Crippen LogP contribution in [-0.4, -0.2) is 16.9 Å². The predicted molar refractivity (Wildman–Crippen MR) is 43.1 cm³/mol. The van der Waals surface area contributed by atoms with Gasteiger partial charge in [-0.3, -0.25) is 9.79 Å². The van der Waals surface area contributed by atoms with E-state index in [2.05, 4.69) is 20.9 Å². The monoisotopic (exact) mass is 202 g/mol. The van der Waals surface area contributed by atoms with E-state index in [0.29, 0.717) is 22.4 Å². The Balaban J connectivity index is 2.94. The van der Waals surface area contributed by atoms with Gasteiger partial charge < -0.3 is 5.73 Å². The summed E-state index contributed by atoms with van der Waals surface area (Å²) in [4.78, 5) is 14.7. The van der Waals surface area contributed by atoms with Crippen molar-refractivity contribution in [3.05, 3.63) is 11.3 Å². The SMILES string of the molecule is CC(=O)C1=C(N)C(Br)=NC1. The molecule has 0 aromatic heterocycles. The second-order valence-corrected chi connectivity index (χ2v) is 2.81. The third kappa shape index (κ3) is 1.11. The average Bonchev–Trinajstić information content (AvgIpc) is 2.14. The van der Waals surface area contributed by atoms with Crippen LogP contribution >= 0.6 is 15.9 Å². The zero-order valence-corrected chi connectivity index (χ0v) is 7.10. The van der Waals surface area contributed by atoms with Gasteiger partial charge in [0.05, 0.1) is 12.2 Å². The number of allylic oxidation sites excluding steroid dienone is 1. The van der Waals surface area contributed by atoms with Crippen LogP contribution in [-0.2, 0) is 4.79 Å². The minimum atomic E-state index is -0.00398. The van der Waals surface area contributed by atoms with Gasteiger partial charge in [0.1, 0.15) is 4.62 Å². The number of Topliss-reactive ketones (excluding diaryl/α,β-unsaturated/α-hetero) is 1. The number of carbonyl (C=O) groups is 1. The van der Waals surface area contributed by atoms with Gasteiger partial charge in [-0.1, -0.05) is 0 Å². The molecule has 0 saturated carbocycles. The van der Waals surface area contributed by atoms with E-state index < -0.39 is 0 Å². The van der Waals surface area contributed by atoms with E-state index in [9.17, 15) is 4.79 Å². The Bertz CT molecular complexity index is 242. The van der Waals surface area contributed by atoms with Gasteiger partial charge in [-0.2, -0.15) is 0 Å². The molecule has 0 atom stereocenters. The number of nitrogens with zero attached hydrogens (tertiary/aromatic N) is 1. The number of halogens is 1. The maximum atomic E-state index is 10.8. The summed E-state index contributed by atoms with van der Waals surface area (Å²) in [5, 5.41) is 0. The molecule has 1 heterocycles. The second-order valence-electron chi connectivity index (χ2n) is 2.06. The molecule has 3 nitrogen and oxygen atoms in total. The lowest BCUT2D eigenvalue weighted by atomic mass is 10.2. The van der Waals surface area contributed by atoms with Crippen LogP contribution in [0.1, 0.15) is 6.92 Å². The third-order valence-corrected chi connectivity index (χ3v) is 2.03. The predicted octanol–water partition coefficient (Wildman–Crippen LogP) is 0.595. The van der Waals surface area contributed by atoms with Gasteiger partial charge in [-0.25, -0.2) is 0 Å². The first-order chi connectivity index (χ1) is 4.63. The minimum Gasteiger partial charge on any atom is -0.396 e. The Kier molecular flexibility index (Phi) is 1.89. The van der Waals surface area contributed by atoms with E-state index in [1.165, 1.54) is 6.92 Å². The van der Waals surface area contributed by atoms with Crippen molar-refractivity contribution in [3.8, 4) is 0 Å². The molecule has 0 aromatic rings. The fraction of sp³-hybridized carbons (Fsp3) is 0.333. The molecule has 1 aliphatic heterocycles. The van der Waals surface area contributed by atoms with Gasteiger partial charge in [0.2, 0.25) is 0 Å². The normalized spacial score (nSPS) is 17.6. The van der Waals surface area contributed by atoms with Crippen LogP contribution in [0, 0.1) is 0 Å². The van der Waals surface area contributed by atoms with Gasteiger partial charge >= 0.3 is 0 Å². The molecule has 4 heteroatoms. The number of hydrogen-bond donors (Lipinski definition) is 1. The summed E-state index contributed by atoms with van der Waals surface area (Å²) >= 11 is 3.13. The van der Waals surface area contributed by atoms with Crippen molar-refractivity contribution in [2.75, 3.05) is 6.54 Å². The van der Waals surface area contributed by atoms with Crippen LogP contribution in [0.25, 0.3) is 0 Å². The van der Waals surface area contributed by atoms with Crippen molar-refractivity contribution in [2.24, 2.45) is 10.7 Å². The van der Waals surface area contributed by atoms with Gasteiger partial charge in [0.15, 0.2) is 5.78 Å². The van der Waals surface area contributed by atoms with Crippen molar-refractivity contribution in [3.63, 3.8) is 0 Å². The summed E-state index contributed by atoms with van der Waals surface area (Å²) in [6, 6.07) is 0. The van der Waals surface area contributed by atoms with Crippen LogP contribution in [0.2, 0.25) is 0 Å². The van der Waals surface area contributed by atoms with Crippen molar-refractivity contribution >= 4 is 26.3 Å². The second kappa shape index (κ2) is 2.54. The molecule has 0 amide bonds. The smallest absolute Gasteiger partial charge is 0.159 e. The number of hydrogen-bond acceptors (Lipinski definition) is 3. The molecule has 1 aliphatic rings. The molecule has 0 saturated heterocycles. The Hall–Kier alpha value is -0.640. The van der Waals surface area contributed by atoms with E-state index >= 15 is 0 Å².